The first-order valence-corrected chi connectivity index (χ1v) is 23.3. The third-order valence-electron chi connectivity index (χ3n) is 5.15. The summed E-state index contributed by atoms with van der Waals surface area (Å²) in [5.41, 5.74) is 1.15. The van der Waals surface area contributed by atoms with Crippen LogP contribution in [0.4, 0.5) is 0 Å². The van der Waals surface area contributed by atoms with Crippen LogP contribution in [-0.2, 0) is 14.0 Å². The minimum absolute atomic E-state index is 0.194. The Hall–Kier alpha value is -1.69. The van der Waals surface area contributed by atoms with E-state index in [9.17, 15) is 9.59 Å². The molecular formula is C27H46O6Si3. The average Bonchev–Trinajstić information content (AvgIpc) is 2.62. The quantitative estimate of drug-likeness (QED) is 0.271. The third-order valence-corrected chi connectivity index (χ3v) is 7.87. The van der Waals surface area contributed by atoms with E-state index in [2.05, 4.69) is 58.9 Å². The van der Waals surface area contributed by atoms with Crippen LogP contribution in [0, 0.1) is 0 Å². The molecule has 0 radical (unpaired) electrons. The van der Waals surface area contributed by atoms with Crippen LogP contribution in [0.15, 0.2) is 18.2 Å². The number of carbonyl (C=O) groups is 2. The minimum Gasteiger partial charge on any atom is -0.544 e. The molecule has 6 nitrogen and oxygen atoms in total. The Morgan fingerprint density at radius 1 is 0.889 bits per heavy atom. The number of ether oxygens (including phenoxy) is 1. The molecule has 1 aromatic rings. The fourth-order valence-electron chi connectivity index (χ4n) is 4.10. The Bertz CT molecular complexity index is 954. The zero-order chi connectivity index (χ0) is 27.3. The van der Waals surface area contributed by atoms with Crippen LogP contribution in [0.1, 0.15) is 54.9 Å². The Morgan fingerprint density at radius 3 is 2.11 bits per heavy atom. The Balaban J connectivity index is 2.54. The maximum Gasteiger partial charge on any atom is 0.342 e. The summed E-state index contributed by atoms with van der Waals surface area (Å²) in [6, 6.07) is 3.75. The maximum atomic E-state index is 13.6. The highest BCUT2D eigenvalue weighted by atomic mass is 28.4. The number of ketones is 1. The van der Waals surface area contributed by atoms with Crippen LogP contribution in [0.5, 0.6) is 11.5 Å². The molecule has 0 amide bonds. The van der Waals surface area contributed by atoms with E-state index in [1.54, 1.807) is 0 Å². The molecule has 9 heteroatoms. The molecule has 0 saturated carbocycles. The predicted octanol–water partition coefficient (Wildman–Crippen LogP) is 7.43. The summed E-state index contributed by atoms with van der Waals surface area (Å²) in [6.07, 6.45) is 6.12. The lowest BCUT2D eigenvalue weighted by atomic mass is 10.0. The van der Waals surface area contributed by atoms with Gasteiger partial charge in [-0.2, -0.15) is 0 Å². The fraction of sp³-hybridized carbons (Fsp3) is 0.630. The van der Waals surface area contributed by atoms with Crippen LogP contribution in [0.25, 0.3) is 6.08 Å². The van der Waals surface area contributed by atoms with Gasteiger partial charge < -0.3 is 18.0 Å². The van der Waals surface area contributed by atoms with Gasteiger partial charge in [0.2, 0.25) is 16.6 Å². The number of carbonyl (C=O) groups excluding carboxylic acids is 2. The van der Waals surface area contributed by atoms with Gasteiger partial charge in [-0.1, -0.05) is 12.2 Å². The molecule has 0 bridgehead atoms. The molecule has 0 aliphatic carbocycles. The lowest BCUT2D eigenvalue weighted by molar-refractivity contribution is -0.121. The lowest BCUT2D eigenvalue weighted by Crippen LogP contribution is -2.36. The largest absolute Gasteiger partial charge is 0.544 e. The van der Waals surface area contributed by atoms with E-state index in [-0.39, 0.29) is 11.9 Å². The van der Waals surface area contributed by atoms with E-state index in [1.807, 2.05) is 31.2 Å². The van der Waals surface area contributed by atoms with Gasteiger partial charge in [0.05, 0.1) is 6.10 Å². The van der Waals surface area contributed by atoms with Gasteiger partial charge in [0.15, 0.2) is 8.32 Å². The second-order valence-electron chi connectivity index (χ2n) is 12.7. The summed E-state index contributed by atoms with van der Waals surface area (Å²) in [5.74, 6) is 0.981. The number of rotatable bonds is 6. The standard InChI is InChI=1S/C27H46O6Si3/c1-20-16-23(31-34(2,3)4)18-22(28)15-13-11-12-14-21-17-24(32-35(5,6)7)19-25(33-36(8,9)10)26(21)27(29)30-20/h12,14,17,19-20,23H,11,13,15-16,18H2,1-10H3/b14-12-/t20-,23-/m0/s1. The van der Waals surface area contributed by atoms with Crippen LogP contribution < -0.4 is 8.85 Å². The second-order valence-corrected chi connectivity index (χ2v) is 26.0. The highest BCUT2D eigenvalue weighted by molar-refractivity contribution is 6.71. The van der Waals surface area contributed by atoms with Crippen molar-refractivity contribution in [1.82, 2.24) is 0 Å². The number of hydrogen-bond donors (Lipinski definition) is 0. The number of benzene rings is 1. The first-order valence-electron chi connectivity index (χ1n) is 13.0. The van der Waals surface area contributed by atoms with Crippen molar-refractivity contribution < 1.29 is 27.6 Å². The summed E-state index contributed by atoms with van der Waals surface area (Å²) >= 11 is 0. The minimum atomic E-state index is -2.04. The zero-order valence-corrected chi connectivity index (χ0v) is 26.9. The summed E-state index contributed by atoms with van der Waals surface area (Å²) < 4.78 is 25.0. The Labute approximate surface area is 221 Å². The molecule has 0 fully saturated rings. The topological polar surface area (TPSA) is 71.1 Å². The highest BCUT2D eigenvalue weighted by Gasteiger charge is 2.30. The van der Waals surface area contributed by atoms with Crippen molar-refractivity contribution in [2.75, 3.05) is 0 Å². The smallest absolute Gasteiger partial charge is 0.342 e. The Kier molecular flexibility index (Phi) is 10.4. The van der Waals surface area contributed by atoms with Gasteiger partial charge in [-0.15, -0.1) is 0 Å². The molecule has 0 saturated heterocycles. The monoisotopic (exact) mass is 550 g/mol. The van der Waals surface area contributed by atoms with Crippen molar-refractivity contribution in [1.29, 1.82) is 0 Å². The van der Waals surface area contributed by atoms with Crippen molar-refractivity contribution in [3.8, 4) is 11.5 Å². The number of hydrogen-bond acceptors (Lipinski definition) is 6. The summed E-state index contributed by atoms with van der Waals surface area (Å²) in [5, 5.41) is 0. The molecular weight excluding hydrogens is 505 g/mol. The van der Waals surface area contributed by atoms with E-state index in [1.165, 1.54) is 0 Å². The van der Waals surface area contributed by atoms with E-state index >= 15 is 0 Å². The molecule has 0 unspecified atom stereocenters. The molecule has 0 aromatic heterocycles. The fourth-order valence-corrected chi connectivity index (χ4v) is 6.93. The average molecular weight is 551 g/mol. The molecule has 1 aromatic carbocycles. The van der Waals surface area contributed by atoms with Crippen molar-refractivity contribution in [2.45, 2.75) is 110 Å². The van der Waals surface area contributed by atoms with Crippen LogP contribution in [0.3, 0.4) is 0 Å². The van der Waals surface area contributed by atoms with E-state index < -0.39 is 37.0 Å². The van der Waals surface area contributed by atoms with Crippen molar-refractivity contribution in [2.24, 2.45) is 0 Å². The molecule has 0 spiro atoms. The molecule has 0 N–H and O–H groups in total. The van der Waals surface area contributed by atoms with E-state index in [0.29, 0.717) is 36.3 Å². The SMILES string of the molecule is C[C@H]1C[C@H](O[Si](C)(C)C)CC(=O)CCC/C=C\c2cc(O[Si](C)(C)C)cc(O[Si](C)(C)C)c2C(=O)O1. The summed E-state index contributed by atoms with van der Waals surface area (Å²) in [6.45, 7) is 20.8. The molecule has 1 heterocycles. The first kappa shape index (κ1) is 30.5. The zero-order valence-electron chi connectivity index (χ0n) is 23.9. The molecule has 2 atom stereocenters. The van der Waals surface area contributed by atoms with Gasteiger partial charge in [-0.25, -0.2) is 4.79 Å². The van der Waals surface area contributed by atoms with Gasteiger partial charge in [0.25, 0.3) is 0 Å². The number of fused-ring (bicyclic) bond motifs is 1. The Morgan fingerprint density at radius 2 is 1.53 bits per heavy atom. The van der Waals surface area contributed by atoms with Gasteiger partial charge >= 0.3 is 5.97 Å². The summed E-state index contributed by atoms with van der Waals surface area (Å²) in [7, 11) is -5.81. The van der Waals surface area contributed by atoms with Crippen molar-refractivity contribution in [3.05, 3.63) is 29.3 Å². The third kappa shape index (κ3) is 11.1. The van der Waals surface area contributed by atoms with E-state index in [0.717, 1.165) is 18.4 Å². The van der Waals surface area contributed by atoms with Crippen molar-refractivity contribution >= 4 is 42.8 Å². The molecule has 1 aliphatic heterocycles. The van der Waals surface area contributed by atoms with Crippen LogP contribution in [0.2, 0.25) is 58.9 Å². The number of Topliss-reactive ketones (excluding diaryl/α,β-unsaturated/α-hetero) is 1. The van der Waals surface area contributed by atoms with Gasteiger partial charge in [-0.05, 0) is 90.3 Å². The molecule has 1 aliphatic rings. The predicted molar refractivity (Wildman–Crippen MR) is 155 cm³/mol. The number of allylic oxidation sites excluding steroid dienone is 1. The maximum absolute atomic E-state index is 13.6. The highest BCUT2D eigenvalue weighted by Crippen LogP contribution is 2.34. The first-order chi connectivity index (χ1) is 16.4. The van der Waals surface area contributed by atoms with Crippen LogP contribution >= 0.6 is 0 Å². The van der Waals surface area contributed by atoms with Crippen LogP contribution in [-0.4, -0.2) is 48.9 Å². The number of esters is 1. The van der Waals surface area contributed by atoms with E-state index in [4.69, 9.17) is 18.0 Å². The molecule has 36 heavy (non-hydrogen) atoms. The van der Waals surface area contributed by atoms with Gasteiger partial charge in [0.1, 0.15) is 28.9 Å². The second kappa shape index (κ2) is 12.2. The number of cyclic esters (lactones) is 1. The lowest BCUT2D eigenvalue weighted by Gasteiger charge is -2.29. The van der Waals surface area contributed by atoms with Gasteiger partial charge in [0, 0.05) is 25.3 Å². The van der Waals surface area contributed by atoms with Crippen molar-refractivity contribution in [3.63, 3.8) is 0 Å². The van der Waals surface area contributed by atoms with Gasteiger partial charge in [-0.3, -0.25) is 4.79 Å². The molecule has 202 valence electrons. The normalized spacial score (nSPS) is 21.7. The molecule has 2 rings (SSSR count). The summed E-state index contributed by atoms with van der Waals surface area (Å²) in [4.78, 5) is 26.2.